The van der Waals surface area contributed by atoms with Crippen molar-refractivity contribution in [3.63, 3.8) is 0 Å². The largest absolute Gasteiger partial charge is 0.356 e. The van der Waals surface area contributed by atoms with Gasteiger partial charge in [-0.15, -0.1) is 11.3 Å². The minimum Gasteiger partial charge on any atom is -0.356 e. The average molecular weight is 375 g/mol. The van der Waals surface area contributed by atoms with E-state index in [4.69, 9.17) is 0 Å². The van der Waals surface area contributed by atoms with Gasteiger partial charge in [-0.25, -0.2) is 4.99 Å². The van der Waals surface area contributed by atoms with Crippen LogP contribution in [0.3, 0.4) is 0 Å². The van der Waals surface area contributed by atoms with E-state index in [9.17, 15) is 4.79 Å². The molecule has 0 aliphatic carbocycles. The molecule has 7 heteroatoms. The highest BCUT2D eigenvalue weighted by molar-refractivity contribution is 9.11. The van der Waals surface area contributed by atoms with Crippen LogP contribution in [0.15, 0.2) is 20.9 Å². The maximum atomic E-state index is 11.7. The van der Waals surface area contributed by atoms with E-state index in [1.807, 2.05) is 18.0 Å². The van der Waals surface area contributed by atoms with E-state index in [0.717, 1.165) is 29.3 Å². The van der Waals surface area contributed by atoms with Crippen LogP contribution < -0.4 is 5.32 Å². The quantitative estimate of drug-likeness (QED) is 0.614. The predicted octanol–water partition coefficient (Wildman–Crippen LogP) is 2.39. The Morgan fingerprint density at radius 3 is 2.62 bits per heavy atom. The number of nitrogens with one attached hydrogen (secondary N) is 1. The molecular weight excluding hydrogens is 352 g/mol. The van der Waals surface area contributed by atoms with Crippen LogP contribution in [-0.2, 0) is 11.3 Å². The third kappa shape index (κ3) is 6.48. The first-order valence-electron chi connectivity index (χ1n) is 6.87. The molecule has 1 N–H and O–H groups in total. The highest BCUT2D eigenvalue weighted by atomic mass is 79.9. The number of hydrogen-bond acceptors (Lipinski definition) is 3. The van der Waals surface area contributed by atoms with E-state index in [1.54, 1.807) is 30.3 Å². The number of thiophene rings is 1. The van der Waals surface area contributed by atoms with Crippen molar-refractivity contribution < 1.29 is 4.79 Å². The van der Waals surface area contributed by atoms with Gasteiger partial charge in [0.2, 0.25) is 5.91 Å². The summed E-state index contributed by atoms with van der Waals surface area (Å²) in [6.07, 6.45) is 1.01. The summed E-state index contributed by atoms with van der Waals surface area (Å²) < 4.78 is 1.12. The highest BCUT2D eigenvalue weighted by Crippen LogP contribution is 2.22. The first kappa shape index (κ1) is 18.0. The molecule has 0 saturated carbocycles. The fraction of sp³-hybridized carbons (Fsp3) is 0.571. The van der Waals surface area contributed by atoms with Gasteiger partial charge < -0.3 is 15.1 Å². The fourth-order valence-corrected chi connectivity index (χ4v) is 3.11. The molecule has 1 aromatic rings. The van der Waals surface area contributed by atoms with Crippen molar-refractivity contribution in [2.24, 2.45) is 4.99 Å². The van der Waals surface area contributed by atoms with Crippen LogP contribution >= 0.6 is 27.3 Å². The zero-order valence-electron chi connectivity index (χ0n) is 13.0. The zero-order valence-corrected chi connectivity index (χ0v) is 15.4. The van der Waals surface area contributed by atoms with Crippen molar-refractivity contribution in [1.82, 2.24) is 15.1 Å². The second kappa shape index (κ2) is 9.04. The van der Waals surface area contributed by atoms with Gasteiger partial charge in [-0.2, -0.15) is 0 Å². The van der Waals surface area contributed by atoms with Gasteiger partial charge in [-0.3, -0.25) is 4.79 Å². The molecule has 0 bridgehead atoms. The number of likely N-dealkylation sites (N-methyl/N-ethyl adjacent to an activating group) is 1. The summed E-state index contributed by atoms with van der Waals surface area (Å²) in [5.41, 5.74) is 0. The lowest BCUT2D eigenvalue weighted by Crippen LogP contribution is -2.39. The predicted molar refractivity (Wildman–Crippen MR) is 92.8 cm³/mol. The van der Waals surface area contributed by atoms with Gasteiger partial charge in [0.05, 0.1) is 10.3 Å². The van der Waals surface area contributed by atoms with Gasteiger partial charge in [0, 0.05) is 32.6 Å². The Hall–Kier alpha value is -1.08. The Kier molecular flexibility index (Phi) is 7.74. The van der Waals surface area contributed by atoms with Crippen LogP contribution in [0.5, 0.6) is 0 Å². The second-order valence-corrected chi connectivity index (χ2v) is 7.46. The van der Waals surface area contributed by atoms with Gasteiger partial charge in [-0.05, 0) is 34.5 Å². The van der Waals surface area contributed by atoms with Gasteiger partial charge in [0.1, 0.15) is 6.54 Å². The summed E-state index contributed by atoms with van der Waals surface area (Å²) in [7, 11) is 5.46. The zero-order chi connectivity index (χ0) is 15.8. The minimum atomic E-state index is -0.00179. The smallest absolute Gasteiger partial charge is 0.243 e. The van der Waals surface area contributed by atoms with E-state index < -0.39 is 0 Å². The van der Waals surface area contributed by atoms with E-state index in [0.29, 0.717) is 0 Å². The first-order chi connectivity index (χ1) is 9.93. The van der Waals surface area contributed by atoms with E-state index in [1.165, 1.54) is 4.88 Å². The number of nitrogens with zero attached hydrogens (tertiary/aromatic N) is 3. The summed E-state index contributed by atoms with van der Waals surface area (Å²) in [6, 6.07) is 4.13. The minimum absolute atomic E-state index is 0.00179. The number of carbonyl (C=O) groups is 1. The summed E-state index contributed by atoms with van der Waals surface area (Å²) in [5, 5.41) is 3.29. The van der Waals surface area contributed by atoms with Crippen molar-refractivity contribution in [1.29, 1.82) is 0 Å². The Bertz CT molecular complexity index is 487. The summed E-state index contributed by atoms with van der Waals surface area (Å²) >= 11 is 5.17. The monoisotopic (exact) mass is 374 g/mol. The highest BCUT2D eigenvalue weighted by Gasteiger charge is 2.10. The molecule has 0 unspecified atom stereocenters. The van der Waals surface area contributed by atoms with Crippen LogP contribution in [0.25, 0.3) is 0 Å². The maximum absolute atomic E-state index is 11.7. The molecule has 1 aromatic heterocycles. The number of guanidine groups is 1. The second-order valence-electron chi connectivity index (χ2n) is 4.92. The third-order valence-corrected chi connectivity index (χ3v) is 4.39. The molecule has 1 heterocycles. The molecule has 1 rings (SSSR count). The third-order valence-electron chi connectivity index (χ3n) is 2.78. The molecule has 0 fully saturated rings. The number of halogens is 1. The lowest BCUT2D eigenvalue weighted by Gasteiger charge is -2.22. The van der Waals surface area contributed by atoms with Gasteiger partial charge >= 0.3 is 0 Å². The molecule has 21 heavy (non-hydrogen) atoms. The molecule has 0 saturated heterocycles. The summed E-state index contributed by atoms with van der Waals surface area (Å²) in [4.78, 5) is 20.9. The van der Waals surface area contributed by atoms with Crippen molar-refractivity contribution in [2.75, 3.05) is 34.2 Å². The topological polar surface area (TPSA) is 47.9 Å². The molecule has 5 nitrogen and oxygen atoms in total. The molecule has 0 aliphatic heterocycles. The number of carbonyl (C=O) groups excluding carboxylic acids is 1. The molecular formula is C14H23BrN4OS. The standard InChI is InChI=1S/C14H23BrN4OS/c1-5-8-16-14(17-9-13(20)18(2)3)19(4)10-11-6-7-12(15)21-11/h6-7H,5,8-10H2,1-4H3,(H,16,17). The van der Waals surface area contributed by atoms with Crippen LogP contribution in [0.4, 0.5) is 0 Å². The lowest BCUT2D eigenvalue weighted by molar-refractivity contribution is -0.127. The van der Waals surface area contributed by atoms with Crippen LogP contribution in [0.1, 0.15) is 18.2 Å². The summed E-state index contributed by atoms with van der Waals surface area (Å²) in [5.74, 6) is 0.759. The molecule has 118 valence electrons. The molecule has 0 spiro atoms. The summed E-state index contributed by atoms with van der Waals surface area (Å²) in [6.45, 7) is 3.87. The first-order valence-corrected chi connectivity index (χ1v) is 8.48. The number of amides is 1. The van der Waals surface area contributed by atoms with E-state index in [2.05, 4.69) is 39.2 Å². The van der Waals surface area contributed by atoms with Crippen LogP contribution in [-0.4, -0.2) is 55.9 Å². The van der Waals surface area contributed by atoms with E-state index >= 15 is 0 Å². The molecule has 0 aromatic carbocycles. The number of hydrogen-bond donors (Lipinski definition) is 1. The Labute approximate surface area is 139 Å². The maximum Gasteiger partial charge on any atom is 0.243 e. The molecule has 0 atom stereocenters. The van der Waals surface area contributed by atoms with Crippen LogP contribution in [0.2, 0.25) is 0 Å². The van der Waals surface area contributed by atoms with Gasteiger partial charge in [0.25, 0.3) is 0 Å². The van der Waals surface area contributed by atoms with Crippen molar-refractivity contribution >= 4 is 39.1 Å². The lowest BCUT2D eigenvalue weighted by atomic mass is 10.4. The van der Waals surface area contributed by atoms with E-state index in [-0.39, 0.29) is 12.5 Å². The fourth-order valence-electron chi connectivity index (χ4n) is 1.58. The van der Waals surface area contributed by atoms with Crippen molar-refractivity contribution in [3.05, 3.63) is 20.8 Å². The average Bonchev–Trinajstić information content (AvgIpc) is 2.83. The molecule has 0 radical (unpaired) electrons. The SMILES string of the molecule is CCCNC(=NCC(=O)N(C)C)N(C)Cc1ccc(Br)s1. The molecule has 1 amide bonds. The number of aliphatic imine (C=N–C) groups is 1. The van der Waals surface area contributed by atoms with Gasteiger partial charge in [-0.1, -0.05) is 6.92 Å². The Morgan fingerprint density at radius 2 is 2.10 bits per heavy atom. The van der Waals surface area contributed by atoms with Crippen molar-refractivity contribution in [2.45, 2.75) is 19.9 Å². The van der Waals surface area contributed by atoms with Crippen LogP contribution in [0, 0.1) is 0 Å². The Balaban J connectivity index is 2.70. The van der Waals surface area contributed by atoms with Gasteiger partial charge in [0.15, 0.2) is 5.96 Å². The van der Waals surface area contributed by atoms with Crippen molar-refractivity contribution in [3.8, 4) is 0 Å². The number of rotatable bonds is 6. The Morgan fingerprint density at radius 1 is 1.38 bits per heavy atom. The normalized spacial score (nSPS) is 11.4. The molecule has 0 aliphatic rings.